The number of rotatable bonds is 0. The van der Waals surface area contributed by atoms with Gasteiger partial charge in [-0.25, -0.2) is 0 Å². The number of nitriles is 2. The van der Waals surface area contributed by atoms with Crippen molar-refractivity contribution in [2.75, 3.05) is 0 Å². The average Bonchev–Trinajstić information content (AvgIpc) is 2.16. The van der Waals surface area contributed by atoms with E-state index in [9.17, 15) is 5.26 Å². The summed E-state index contributed by atoms with van der Waals surface area (Å²) in [6.45, 7) is 9.97. The van der Waals surface area contributed by atoms with E-state index in [4.69, 9.17) is 5.26 Å². The zero-order valence-corrected chi connectivity index (χ0v) is 10.5. The van der Waals surface area contributed by atoms with Crippen LogP contribution in [0.15, 0.2) is 22.5 Å². The largest absolute Gasteiger partial charge is 0.360 e. The third-order valence-electron chi connectivity index (χ3n) is 2.84. The van der Waals surface area contributed by atoms with Crippen molar-refractivity contribution in [1.82, 2.24) is 5.32 Å². The topological polar surface area (TPSA) is 59.6 Å². The molecular weight excluding hydrogens is 198 g/mol. The second kappa shape index (κ2) is 4.02. The van der Waals surface area contributed by atoms with Gasteiger partial charge in [0.2, 0.25) is 0 Å². The maximum Gasteiger partial charge on any atom is 0.0972 e. The Balaban J connectivity index is 3.33. The van der Waals surface area contributed by atoms with Crippen molar-refractivity contribution in [2.45, 2.75) is 34.6 Å². The monoisotopic (exact) mass is 215 g/mol. The lowest BCUT2D eigenvalue weighted by Crippen LogP contribution is -2.31. The Morgan fingerprint density at radius 1 is 1.12 bits per heavy atom. The van der Waals surface area contributed by atoms with Gasteiger partial charge in [0.15, 0.2) is 0 Å². The Kier molecular flexibility index (Phi) is 3.10. The summed E-state index contributed by atoms with van der Waals surface area (Å²) in [5.74, 6) is -0.106. The second-order valence-electron chi connectivity index (χ2n) is 5.15. The van der Waals surface area contributed by atoms with E-state index in [1.807, 2.05) is 13.8 Å². The molecule has 16 heavy (non-hydrogen) atoms. The van der Waals surface area contributed by atoms with Gasteiger partial charge < -0.3 is 5.32 Å². The van der Waals surface area contributed by atoms with Crippen molar-refractivity contribution in [1.29, 1.82) is 10.5 Å². The molecule has 0 fully saturated rings. The van der Waals surface area contributed by atoms with Crippen LogP contribution in [-0.4, -0.2) is 0 Å². The highest BCUT2D eigenvalue weighted by atomic mass is 14.9. The van der Waals surface area contributed by atoms with Crippen molar-refractivity contribution in [2.24, 2.45) is 11.3 Å². The Morgan fingerprint density at radius 3 is 2.00 bits per heavy atom. The molecular formula is C13H17N3. The highest BCUT2D eigenvalue weighted by Gasteiger charge is 2.31. The fourth-order valence-corrected chi connectivity index (χ4v) is 1.93. The standard InChI is InChI=1S/C13H17N3/c1-8-10(6-14)9(2)16-12(11(8)7-15)13(3,4)5/h8,16H,1-5H3/t8-/m1/s1. The zero-order valence-electron chi connectivity index (χ0n) is 10.5. The van der Waals surface area contributed by atoms with Crippen molar-refractivity contribution in [3.63, 3.8) is 0 Å². The number of hydrogen-bond donors (Lipinski definition) is 1. The molecule has 0 radical (unpaired) electrons. The number of nitrogens with one attached hydrogen (secondary N) is 1. The highest BCUT2D eigenvalue weighted by molar-refractivity contribution is 5.47. The second-order valence-corrected chi connectivity index (χ2v) is 5.15. The maximum absolute atomic E-state index is 9.21. The van der Waals surface area contributed by atoms with E-state index >= 15 is 0 Å². The zero-order chi connectivity index (χ0) is 12.5. The van der Waals surface area contributed by atoms with Gasteiger partial charge in [0.05, 0.1) is 23.3 Å². The molecule has 0 saturated carbocycles. The van der Waals surface area contributed by atoms with Gasteiger partial charge in [0.25, 0.3) is 0 Å². The van der Waals surface area contributed by atoms with Gasteiger partial charge in [0.1, 0.15) is 0 Å². The number of dihydropyridines is 1. The Morgan fingerprint density at radius 2 is 1.62 bits per heavy atom. The molecule has 1 atom stereocenters. The molecule has 1 aliphatic rings. The van der Waals surface area contributed by atoms with E-state index in [1.165, 1.54) is 0 Å². The summed E-state index contributed by atoms with van der Waals surface area (Å²) in [4.78, 5) is 0. The summed E-state index contributed by atoms with van der Waals surface area (Å²) in [7, 11) is 0. The summed E-state index contributed by atoms with van der Waals surface area (Å²) >= 11 is 0. The summed E-state index contributed by atoms with van der Waals surface area (Å²) in [6, 6.07) is 4.40. The first-order chi connectivity index (χ1) is 7.32. The predicted octanol–water partition coefficient (Wildman–Crippen LogP) is 2.85. The normalized spacial score (nSPS) is 21.3. The van der Waals surface area contributed by atoms with Crippen LogP contribution in [0.5, 0.6) is 0 Å². The summed E-state index contributed by atoms with van der Waals surface area (Å²) in [5, 5.41) is 21.5. The summed E-state index contributed by atoms with van der Waals surface area (Å²) in [5.41, 5.74) is 3.01. The van der Waals surface area contributed by atoms with Crippen molar-refractivity contribution in [3.05, 3.63) is 22.5 Å². The van der Waals surface area contributed by atoms with E-state index < -0.39 is 0 Å². The minimum atomic E-state index is -0.110. The van der Waals surface area contributed by atoms with Gasteiger partial charge in [-0.2, -0.15) is 10.5 Å². The van der Waals surface area contributed by atoms with Crippen LogP contribution in [0.1, 0.15) is 34.6 Å². The molecule has 0 aromatic carbocycles. The lowest BCUT2D eigenvalue weighted by Gasteiger charge is -2.32. The molecule has 1 N–H and O–H groups in total. The van der Waals surface area contributed by atoms with E-state index in [-0.39, 0.29) is 11.3 Å². The molecule has 0 spiro atoms. The van der Waals surface area contributed by atoms with Crippen LogP contribution in [-0.2, 0) is 0 Å². The fourth-order valence-electron chi connectivity index (χ4n) is 1.93. The van der Waals surface area contributed by atoms with Gasteiger partial charge in [-0.15, -0.1) is 0 Å². The van der Waals surface area contributed by atoms with Gasteiger partial charge in [-0.3, -0.25) is 0 Å². The quantitative estimate of drug-likeness (QED) is 0.676. The average molecular weight is 215 g/mol. The molecule has 1 heterocycles. The van der Waals surface area contributed by atoms with Crippen LogP contribution < -0.4 is 5.32 Å². The molecule has 0 bridgehead atoms. The molecule has 3 nitrogen and oxygen atoms in total. The van der Waals surface area contributed by atoms with Gasteiger partial charge in [0, 0.05) is 22.7 Å². The van der Waals surface area contributed by atoms with Gasteiger partial charge >= 0.3 is 0 Å². The van der Waals surface area contributed by atoms with Crippen molar-refractivity contribution >= 4 is 0 Å². The Hall–Kier alpha value is -1.74. The molecule has 0 unspecified atom stereocenters. The van der Waals surface area contributed by atoms with Crippen LogP contribution in [0.2, 0.25) is 0 Å². The molecule has 0 aromatic rings. The molecule has 1 aliphatic heterocycles. The van der Waals surface area contributed by atoms with Crippen LogP contribution in [0.25, 0.3) is 0 Å². The molecule has 0 saturated heterocycles. The van der Waals surface area contributed by atoms with Crippen molar-refractivity contribution < 1.29 is 0 Å². The van der Waals surface area contributed by atoms with Gasteiger partial charge in [-0.1, -0.05) is 27.7 Å². The predicted molar refractivity (Wildman–Crippen MR) is 62.7 cm³/mol. The Bertz CT molecular complexity index is 447. The maximum atomic E-state index is 9.21. The first-order valence-electron chi connectivity index (χ1n) is 5.35. The molecule has 3 heteroatoms. The summed E-state index contributed by atoms with van der Waals surface area (Å²) in [6.07, 6.45) is 0. The first-order valence-corrected chi connectivity index (χ1v) is 5.35. The number of hydrogen-bond acceptors (Lipinski definition) is 3. The van der Waals surface area contributed by atoms with Crippen LogP contribution in [0.3, 0.4) is 0 Å². The Labute approximate surface area is 97.1 Å². The van der Waals surface area contributed by atoms with Crippen LogP contribution in [0.4, 0.5) is 0 Å². The SMILES string of the molecule is CC1=C(C#N)[C@@H](C)C(C#N)=C(C(C)(C)C)N1. The van der Waals surface area contributed by atoms with Crippen LogP contribution in [0, 0.1) is 34.0 Å². The van der Waals surface area contributed by atoms with E-state index in [1.54, 1.807) is 0 Å². The lowest BCUT2D eigenvalue weighted by molar-refractivity contribution is 0.456. The third-order valence-corrected chi connectivity index (χ3v) is 2.84. The van der Waals surface area contributed by atoms with E-state index in [0.717, 1.165) is 11.4 Å². The van der Waals surface area contributed by atoms with Crippen LogP contribution >= 0.6 is 0 Å². The minimum absolute atomic E-state index is 0.106. The fraction of sp³-hybridized carbons (Fsp3) is 0.538. The molecule has 0 aliphatic carbocycles. The summed E-state index contributed by atoms with van der Waals surface area (Å²) < 4.78 is 0. The minimum Gasteiger partial charge on any atom is -0.360 e. The van der Waals surface area contributed by atoms with Gasteiger partial charge in [-0.05, 0) is 6.92 Å². The molecule has 84 valence electrons. The highest BCUT2D eigenvalue weighted by Crippen LogP contribution is 2.36. The smallest absolute Gasteiger partial charge is 0.0972 e. The molecule has 0 aromatic heterocycles. The third kappa shape index (κ3) is 1.95. The number of allylic oxidation sites excluding steroid dienone is 4. The van der Waals surface area contributed by atoms with Crippen molar-refractivity contribution in [3.8, 4) is 12.1 Å². The molecule has 0 amide bonds. The first kappa shape index (κ1) is 12.3. The molecule has 1 rings (SSSR count). The van der Waals surface area contributed by atoms with E-state index in [2.05, 4.69) is 38.2 Å². The lowest BCUT2D eigenvalue weighted by atomic mass is 9.80. The number of nitrogens with zero attached hydrogens (tertiary/aromatic N) is 2. The van der Waals surface area contributed by atoms with E-state index in [0.29, 0.717) is 11.1 Å².